The molecule has 0 bridgehead atoms. The molecule has 0 spiro atoms. The van der Waals surface area contributed by atoms with Crippen LogP contribution in [0.1, 0.15) is 11.1 Å². The number of rotatable bonds is 4. The van der Waals surface area contributed by atoms with Crippen LogP contribution in [0.2, 0.25) is 0 Å². The fraction of sp³-hybridized carbons (Fsp3) is 0.154. The summed E-state index contributed by atoms with van der Waals surface area (Å²) in [7, 11) is 1.81. The highest BCUT2D eigenvalue weighted by Crippen LogP contribution is 2.10. The Kier molecular flexibility index (Phi) is 3.72. The van der Waals surface area contributed by atoms with Crippen LogP contribution in [0.15, 0.2) is 36.7 Å². The summed E-state index contributed by atoms with van der Waals surface area (Å²) in [5.74, 6) is 1.53. The van der Waals surface area contributed by atoms with Crippen molar-refractivity contribution in [2.45, 2.75) is 6.54 Å². The largest absolute Gasteiger partial charge is 0.373 e. The van der Waals surface area contributed by atoms with E-state index in [1.54, 1.807) is 12.1 Å². The van der Waals surface area contributed by atoms with Crippen molar-refractivity contribution in [3.05, 3.63) is 47.8 Å². The third kappa shape index (κ3) is 2.95. The maximum absolute atomic E-state index is 8.70. The van der Waals surface area contributed by atoms with Gasteiger partial charge in [-0.05, 0) is 17.7 Å². The zero-order valence-corrected chi connectivity index (χ0v) is 10.0. The molecule has 5 heteroatoms. The maximum Gasteiger partial charge on any atom is 0.131 e. The molecule has 1 aromatic carbocycles. The topological polar surface area (TPSA) is 73.6 Å². The van der Waals surface area contributed by atoms with Crippen molar-refractivity contribution in [1.29, 1.82) is 5.26 Å². The fourth-order valence-corrected chi connectivity index (χ4v) is 1.48. The number of hydrogen-bond donors (Lipinski definition) is 2. The number of anilines is 2. The van der Waals surface area contributed by atoms with E-state index in [-0.39, 0.29) is 0 Å². The minimum Gasteiger partial charge on any atom is -0.373 e. The van der Waals surface area contributed by atoms with Crippen LogP contribution in [0.5, 0.6) is 0 Å². The molecule has 1 heterocycles. The lowest BCUT2D eigenvalue weighted by atomic mass is 10.1. The Balaban J connectivity index is 2.00. The zero-order valence-electron chi connectivity index (χ0n) is 10.0. The van der Waals surface area contributed by atoms with Gasteiger partial charge < -0.3 is 10.6 Å². The SMILES string of the molecule is CNc1cc(NCc2ccc(C#N)cc2)ncn1. The van der Waals surface area contributed by atoms with Gasteiger partial charge in [-0.1, -0.05) is 12.1 Å². The molecule has 0 fully saturated rings. The third-order valence-electron chi connectivity index (χ3n) is 2.48. The molecule has 2 N–H and O–H groups in total. The van der Waals surface area contributed by atoms with Crippen LogP contribution in [-0.4, -0.2) is 17.0 Å². The molecule has 0 atom stereocenters. The Morgan fingerprint density at radius 3 is 2.56 bits per heavy atom. The molecular formula is C13H13N5. The minimum atomic E-state index is 0.659. The van der Waals surface area contributed by atoms with E-state index in [2.05, 4.69) is 26.7 Å². The monoisotopic (exact) mass is 239 g/mol. The minimum absolute atomic E-state index is 0.659. The summed E-state index contributed by atoms with van der Waals surface area (Å²) < 4.78 is 0. The second-order valence-corrected chi connectivity index (χ2v) is 3.70. The molecular weight excluding hydrogens is 226 g/mol. The lowest BCUT2D eigenvalue weighted by Crippen LogP contribution is -2.03. The first kappa shape index (κ1) is 11.9. The van der Waals surface area contributed by atoms with Crippen molar-refractivity contribution in [2.75, 3.05) is 17.7 Å². The normalized spacial score (nSPS) is 9.56. The first-order valence-corrected chi connectivity index (χ1v) is 5.54. The Morgan fingerprint density at radius 1 is 1.17 bits per heavy atom. The summed E-state index contributed by atoms with van der Waals surface area (Å²) in [5, 5.41) is 14.9. The average molecular weight is 239 g/mol. The van der Waals surface area contributed by atoms with E-state index in [0.717, 1.165) is 17.2 Å². The molecule has 0 radical (unpaired) electrons. The number of nitrogens with zero attached hydrogens (tertiary/aromatic N) is 3. The third-order valence-corrected chi connectivity index (χ3v) is 2.48. The van der Waals surface area contributed by atoms with E-state index in [4.69, 9.17) is 5.26 Å². The number of nitriles is 1. The molecule has 0 saturated carbocycles. The highest BCUT2D eigenvalue weighted by atomic mass is 15.0. The Hall–Kier alpha value is -2.61. The molecule has 5 nitrogen and oxygen atoms in total. The quantitative estimate of drug-likeness (QED) is 0.853. The number of aromatic nitrogens is 2. The van der Waals surface area contributed by atoms with Crippen molar-refractivity contribution in [3.63, 3.8) is 0 Å². The van der Waals surface area contributed by atoms with Crippen molar-refractivity contribution >= 4 is 11.6 Å². The van der Waals surface area contributed by atoms with Crippen LogP contribution in [0.3, 0.4) is 0 Å². The molecule has 2 aromatic rings. The summed E-state index contributed by atoms with van der Waals surface area (Å²) in [6.45, 7) is 0.659. The van der Waals surface area contributed by atoms with Crippen LogP contribution in [0.25, 0.3) is 0 Å². The number of hydrogen-bond acceptors (Lipinski definition) is 5. The molecule has 18 heavy (non-hydrogen) atoms. The van der Waals surface area contributed by atoms with Crippen LogP contribution in [0, 0.1) is 11.3 Å². The van der Waals surface area contributed by atoms with E-state index in [9.17, 15) is 0 Å². The van der Waals surface area contributed by atoms with Crippen LogP contribution >= 0.6 is 0 Å². The van der Waals surface area contributed by atoms with Gasteiger partial charge in [-0.15, -0.1) is 0 Å². The molecule has 0 aliphatic rings. The smallest absolute Gasteiger partial charge is 0.131 e. The predicted octanol–water partition coefficient (Wildman–Crippen LogP) is 2.00. The molecule has 0 aliphatic carbocycles. The summed E-state index contributed by atoms with van der Waals surface area (Å²) in [5.41, 5.74) is 1.76. The molecule has 2 rings (SSSR count). The number of benzene rings is 1. The maximum atomic E-state index is 8.70. The molecule has 1 aromatic heterocycles. The lowest BCUT2D eigenvalue weighted by Gasteiger charge is -2.06. The van der Waals surface area contributed by atoms with Crippen molar-refractivity contribution in [3.8, 4) is 6.07 Å². The second-order valence-electron chi connectivity index (χ2n) is 3.70. The van der Waals surface area contributed by atoms with Crippen molar-refractivity contribution in [1.82, 2.24) is 9.97 Å². The van der Waals surface area contributed by atoms with Gasteiger partial charge >= 0.3 is 0 Å². The highest BCUT2D eigenvalue weighted by Gasteiger charge is 1.98. The van der Waals surface area contributed by atoms with Crippen molar-refractivity contribution < 1.29 is 0 Å². The van der Waals surface area contributed by atoms with Gasteiger partial charge in [0.2, 0.25) is 0 Å². The van der Waals surface area contributed by atoms with E-state index < -0.39 is 0 Å². The fourth-order valence-electron chi connectivity index (χ4n) is 1.48. The molecule has 0 saturated heterocycles. The van der Waals surface area contributed by atoms with E-state index >= 15 is 0 Å². The number of nitrogens with one attached hydrogen (secondary N) is 2. The van der Waals surface area contributed by atoms with E-state index in [0.29, 0.717) is 12.1 Å². The van der Waals surface area contributed by atoms with Crippen LogP contribution in [-0.2, 0) is 6.54 Å². The average Bonchev–Trinajstić information content (AvgIpc) is 2.46. The van der Waals surface area contributed by atoms with Crippen LogP contribution in [0.4, 0.5) is 11.6 Å². The Bertz CT molecular complexity index is 556. The first-order chi connectivity index (χ1) is 8.81. The van der Waals surface area contributed by atoms with Gasteiger partial charge in [0.1, 0.15) is 18.0 Å². The van der Waals surface area contributed by atoms with Gasteiger partial charge in [-0.3, -0.25) is 0 Å². The molecule has 0 aliphatic heterocycles. The van der Waals surface area contributed by atoms with Gasteiger partial charge in [-0.2, -0.15) is 5.26 Å². The summed E-state index contributed by atoms with van der Waals surface area (Å²) in [4.78, 5) is 8.16. The van der Waals surface area contributed by atoms with Gasteiger partial charge in [0.15, 0.2) is 0 Å². The molecule has 0 amide bonds. The lowest BCUT2D eigenvalue weighted by molar-refractivity contribution is 1.08. The standard InChI is InChI=1S/C13H13N5/c1-15-12-6-13(18-9-17-12)16-8-11-4-2-10(7-14)3-5-11/h2-6,9H,8H2,1H3,(H2,15,16,17,18). The van der Waals surface area contributed by atoms with Gasteiger partial charge in [0.05, 0.1) is 11.6 Å². The Labute approximate surface area is 106 Å². The zero-order chi connectivity index (χ0) is 12.8. The second kappa shape index (κ2) is 5.64. The first-order valence-electron chi connectivity index (χ1n) is 5.54. The Morgan fingerprint density at radius 2 is 1.89 bits per heavy atom. The summed E-state index contributed by atoms with van der Waals surface area (Å²) in [6.07, 6.45) is 1.51. The van der Waals surface area contributed by atoms with Gasteiger partial charge in [-0.25, -0.2) is 9.97 Å². The molecule has 90 valence electrons. The summed E-state index contributed by atoms with van der Waals surface area (Å²) in [6, 6.07) is 11.4. The van der Waals surface area contributed by atoms with Gasteiger partial charge in [0, 0.05) is 19.7 Å². The van der Waals surface area contributed by atoms with E-state index in [1.807, 2.05) is 25.2 Å². The van der Waals surface area contributed by atoms with E-state index in [1.165, 1.54) is 6.33 Å². The van der Waals surface area contributed by atoms with Gasteiger partial charge in [0.25, 0.3) is 0 Å². The predicted molar refractivity (Wildman–Crippen MR) is 70.1 cm³/mol. The summed E-state index contributed by atoms with van der Waals surface area (Å²) >= 11 is 0. The highest BCUT2D eigenvalue weighted by molar-refractivity contribution is 5.46. The van der Waals surface area contributed by atoms with Crippen molar-refractivity contribution in [2.24, 2.45) is 0 Å². The molecule has 0 unspecified atom stereocenters. The van der Waals surface area contributed by atoms with Crippen LogP contribution < -0.4 is 10.6 Å².